The summed E-state index contributed by atoms with van der Waals surface area (Å²) >= 11 is 0. The van der Waals surface area contributed by atoms with Crippen LogP contribution in [0.15, 0.2) is 30.6 Å². The molecular formula is C23H24N6O6. The minimum absolute atomic E-state index is 0.0114. The number of aryl methyl sites for hydroxylation is 1. The number of pyridine rings is 1. The number of rotatable bonds is 5. The van der Waals surface area contributed by atoms with Gasteiger partial charge in [0.25, 0.3) is 0 Å². The fourth-order valence-electron chi connectivity index (χ4n) is 4.74. The Morgan fingerprint density at radius 3 is 1.83 bits per heavy atom. The van der Waals surface area contributed by atoms with E-state index < -0.39 is 53.4 Å². The molecule has 0 spiro atoms. The lowest BCUT2D eigenvalue weighted by molar-refractivity contribution is -0.150. The molecule has 12 nitrogen and oxygen atoms in total. The van der Waals surface area contributed by atoms with Crippen LogP contribution in [0, 0.1) is 31.6 Å². The summed E-state index contributed by atoms with van der Waals surface area (Å²) in [7, 11) is 2.42. The predicted octanol–water partition coefficient (Wildman–Crippen LogP) is 0.297. The summed E-state index contributed by atoms with van der Waals surface area (Å²) in [4.78, 5) is 81.3. The highest BCUT2D eigenvalue weighted by Crippen LogP contribution is 2.34. The SMILES string of the molecule is Cc1cc(CC([C@H]2C(=O)NC(=O)N(C)C2=O)[C@H]2C(=O)NC(=O)N(C)C2=O)c(C)n1-c1ccncc1. The number of barbiturate groups is 2. The molecule has 8 amide bonds. The summed E-state index contributed by atoms with van der Waals surface area (Å²) in [5.41, 5.74) is 3.16. The van der Waals surface area contributed by atoms with Crippen molar-refractivity contribution >= 4 is 35.7 Å². The van der Waals surface area contributed by atoms with Gasteiger partial charge in [-0.1, -0.05) is 0 Å². The summed E-state index contributed by atoms with van der Waals surface area (Å²) in [6, 6.07) is 3.70. The van der Waals surface area contributed by atoms with Crippen LogP contribution >= 0.6 is 0 Å². The molecular weight excluding hydrogens is 456 g/mol. The van der Waals surface area contributed by atoms with Crippen molar-refractivity contribution in [3.63, 3.8) is 0 Å². The largest absolute Gasteiger partial charge is 0.330 e. The lowest BCUT2D eigenvalue weighted by Crippen LogP contribution is -2.64. The van der Waals surface area contributed by atoms with Crippen molar-refractivity contribution in [2.24, 2.45) is 17.8 Å². The monoisotopic (exact) mass is 480 g/mol. The van der Waals surface area contributed by atoms with E-state index >= 15 is 0 Å². The first kappa shape index (κ1) is 23.8. The number of nitrogens with one attached hydrogen (secondary N) is 2. The van der Waals surface area contributed by atoms with E-state index in [1.54, 1.807) is 12.4 Å². The van der Waals surface area contributed by atoms with Crippen molar-refractivity contribution in [2.75, 3.05) is 14.1 Å². The molecule has 2 aromatic heterocycles. The Balaban J connectivity index is 1.81. The van der Waals surface area contributed by atoms with E-state index in [-0.39, 0.29) is 6.42 Å². The summed E-state index contributed by atoms with van der Waals surface area (Å²) in [5.74, 6) is -7.60. The van der Waals surface area contributed by atoms with Gasteiger partial charge in [-0.2, -0.15) is 0 Å². The highest BCUT2D eigenvalue weighted by molar-refractivity contribution is 6.19. The summed E-state index contributed by atoms with van der Waals surface area (Å²) in [6.45, 7) is 3.72. The van der Waals surface area contributed by atoms with E-state index in [1.807, 2.05) is 36.6 Å². The van der Waals surface area contributed by atoms with Crippen molar-refractivity contribution in [1.29, 1.82) is 0 Å². The molecule has 0 aromatic carbocycles. The molecule has 182 valence electrons. The van der Waals surface area contributed by atoms with Crippen LogP contribution in [0.25, 0.3) is 5.69 Å². The Bertz CT molecular complexity index is 1220. The van der Waals surface area contributed by atoms with Gasteiger partial charge in [0.05, 0.1) is 0 Å². The molecule has 2 aliphatic heterocycles. The Hall–Kier alpha value is -4.35. The van der Waals surface area contributed by atoms with Crippen LogP contribution in [0.4, 0.5) is 9.59 Å². The molecule has 0 radical (unpaired) electrons. The number of carbonyl (C=O) groups excluding carboxylic acids is 6. The number of imide groups is 4. The van der Waals surface area contributed by atoms with Gasteiger partial charge in [-0.05, 0) is 44.0 Å². The number of amides is 8. The number of hydrogen-bond donors (Lipinski definition) is 2. The van der Waals surface area contributed by atoms with E-state index in [0.29, 0.717) is 5.56 Å². The molecule has 4 rings (SSSR count). The van der Waals surface area contributed by atoms with Crippen LogP contribution < -0.4 is 10.6 Å². The molecule has 4 heterocycles. The molecule has 2 aromatic rings. The molecule has 0 saturated carbocycles. The normalized spacial score (nSPS) is 21.1. The number of urea groups is 2. The zero-order valence-corrected chi connectivity index (χ0v) is 19.6. The highest BCUT2D eigenvalue weighted by Gasteiger charge is 2.52. The van der Waals surface area contributed by atoms with Crippen molar-refractivity contribution in [3.8, 4) is 5.69 Å². The Kier molecular flexibility index (Phi) is 5.97. The zero-order valence-electron chi connectivity index (χ0n) is 19.6. The smallest absolute Gasteiger partial charge is 0.318 e. The Labute approximate surface area is 200 Å². The number of nitrogens with zero attached hydrogens (tertiary/aromatic N) is 4. The van der Waals surface area contributed by atoms with Crippen LogP contribution in [0.5, 0.6) is 0 Å². The van der Waals surface area contributed by atoms with Crippen LogP contribution in [0.3, 0.4) is 0 Å². The van der Waals surface area contributed by atoms with Gasteiger partial charge in [-0.15, -0.1) is 0 Å². The predicted molar refractivity (Wildman–Crippen MR) is 120 cm³/mol. The molecule has 12 heteroatoms. The molecule has 2 saturated heterocycles. The van der Waals surface area contributed by atoms with E-state index in [1.165, 1.54) is 14.1 Å². The molecule has 2 atom stereocenters. The van der Waals surface area contributed by atoms with Crippen LogP contribution in [0.2, 0.25) is 0 Å². The van der Waals surface area contributed by atoms with Gasteiger partial charge in [-0.3, -0.25) is 44.6 Å². The maximum atomic E-state index is 13.1. The van der Waals surface area contributed by atoms with E-state index in [4.69, 9.17) is 0 Å². The van der Waals surface area contributed by atoms with Crippen molar-refractivity contribution in [1.82, 2.24) is 30.0 Å². The summed E-state index contributed by atoms with van der Waals surface area (Å²) in [5, 5.41) is 4.23. The third-order valence-corrected chi connectivity index (χ3v) is 6.60. The molecule has 2 aliphatic rings. The fourth-order valence-corrected chi connectivity index (χ4v) is 4.74. The second kappa shape index (κ2) is 8.78. The second-order valence-electron chi connectivity index (χ2n) is 8.64. The van der Waals surface area contributed by atoms with Gasteiger partial charge in [0, 0.05) is 49.5 Å². The first-order chi connectivity index (χ1) is 16.5. The molecule has 2 N–H and O–H groups in total. The quantitative estimate of drug-likeness (QED) is 0.584. The minimum atomic E-state index is -1.50. The minimum Gasteiger partial charge on any atom is -0.318 e. The summed E-state index contributed by atoms with van der Waals surface area (Å²) < 4.78 is 1.95. The number of aromatic nitrogens is 2. The van der Waals surface area contributed by atoms with Crippen LogP contribution in [-0.4, -0.2) is 69.1 Å². The fraction of sp³-hybridized carbons (Fsp3) is 0.348. The maximum Gasteiger partial charge on any atom is 0.330 e. The lowest BCUT2D eigenvalue weighted by Gasteiger charge is -2.38. The van der Waals surface area contributed by atoms with Gasteiger partial charge in [0.15, 0.2) is 0 Å². The summed E-state index contributed by atoms with van der Waals surface area (Å²) in [6.07, 6.45) is 3.28. The van der Waals surface area contributed by atoms with Gasteiger partial charge < -0.3 is 4.57 Å². The molecule has 0 aliphatic carbocycles. The standard InChI is InChI=1S/C23H24N6O6/c1-11-9-13(12(2)29(11)14-5-7-24-8-6-14)10-15(16-18(30)25-22(34)27(3)20(16)32)17-19(31)26-23(35)28(4)21(17)33/h5-9,15-17H,10H2,1-4H3,(H,25,30,34)(H,26,31,35)/t16-,17-/m0/s1. The van der Waals surface area contributed by atoms with Crippen LogP contribution in [0.1, 0.15) is 17.0 Å². The molecule has 0 bridgehead atoms. The Morgan fingerprint density at radius 1 is 0.857 bits per heavy atom. The average molecular weight is 480 g/mol. The second-order valence-corrected chi connectivity index (χ2v) is 8.64. The van der Waals surface area contributed by atoms with E-state index in [9.17, 15) is 28.8 Å². The Morgan fingerprint density at radius 2 is 1.34 bits per heavy atom. The van der Waals surface area contributed by atoms with Gasteiger partial charge >= 0.3 is 12.1 Å². The number of carbonyl (C=O) groups is 6. The lowest BCUT2D eigenvalue weighted by atomic mass is 9.74. The topological polar surface area (TPSA) is 151 Å². The number of hydrogen-bond acceptors (Lipinski definition) is 7. The third kappa shape index (κ3) is 3.96. The van der Waals surface area contributed by atoms with E-state index in [0.717, 1.165) is 26.9 Å². The van der Waals surface area contributed by atoms with Crippen molar-refractivity contribution in [2.45, 2.75) is 20.3 Å². The zero-order chi connectivity index (χ0) is 25.6. The first-order valence-electron chi connectivity index (χ1n) is 10.9. The maximum absolute atomic E-state index is 13.1. The van der Waals surface area contributed by atoms with Gasteiger partial charge in [-0.25, -0.2) is 9.59 Å². The highest BCUT2D eigenvalue weighted by atomic mass is 16.2. The molecule has 35 heavy (non-hydrogen) atoms. The van der Waals surface area contributed by atoms with Gasteiger partial charge in [0.1, 0.15) is 11.8 Å². The van der Waals surface area contributed by atoms with Gasteiger partial charge in [0.2, 0.25) is 23.6 Å². The molecule has 2 fully saturated rings. The van der Waals surface area contributed by atoms with Crippen molar-refractivity contribution in [3.05, 3.63) is 47.5 Å². The first-order valence-corrected chi connectivity index (χ1v) is 10.9. The van der Waals surface area contributed by atoms with Crippen LogP contribution in [-0.2, 0) is 25.6 Å². The average Bonchev–Trinajstić information content (AvgIpc) is 3.09. The molecule has 0 unspecified atom stereocenters. The third-order valence-electron chi connectivity index (χ3n) is 6.60. The van der Waals surface area contributed by atoms with Crippen molar-refractivity contribution < 1.29 is 28.8 Å². The van der Waals surface area contributed by atoms with E-state index in [2.05, 4.69) is 15.6 Å².